The van der Waals surface area contributed by atoms with Crippen LogP contribution in [0.25, 0.3) is 0 Å². The minimum absolute atomic E-state index is 0.180. The first-order valence-corrected chi connectivity index (χ1v) is 10.1. The summed E-state index contributed by atoms with van der Waals surface area (Å²) in [6.45, 7) is 6.72. The summed E-state index contributed by atoms with van der Waals surface area (Å²) in [5, 5.41) is 0. The van der Waals surface area contributed by atoms with Gasteiger partial charge in [-0.1, -0.05) is 24.3 Å². The number of hydrogen-bond donors (Lipinski definition) is 0. The highest BCUT2D eigenvalue weighted by Crippen LogP contribution is 2.36. The Morgan fingerprint density at radius 2 is 1.89 bits per heavy atom. The van der Waals surface area contributed by atoms with E-state index < -0.39 is 0 Å². The Hall–Kier alpha value is -2.24. The zero-order valence-electron chi connectivity index (χ0n) is 16.8. The maximum atomic E-state index is 6.59. The molecule has 1 fully saturated rings. The van der Waals surface area contributed by atoms with Crippen molar-refractivity contribution in [2.24, 2.45) is 0 Å². The van der Waals surface area contributed by atoms with Gasteiger partial charge in [0.2, 0.25) is 0 Å². The van der Waals surface area contributed by atoms with E-state index >= 15 is 0 Å². The summed E-state index contributed by atoms with van der Waals surface area (Å²) >= 11 is 0. The Bertz CT molecular complexity index is 801. The summed E-state index contributed by atoms with van der Waals surface area (Å²) in [5.41, 5.74) is 2.27. The summed E-state index contributed by atoms with van der Waals surface area (Å²) in [6.07, 6.45) is 1.84. The van der Waals surface area contributed by atoms with Crippen molar-refractivity contribution in [3.05, 3.63) is 53.6 Å². The van der Waals surface area contributed by atoms with Crippen molar-refractivity contribution >= 4 is 0 Å². The van der Waals surface area contributed by atoms with Crippen LogP contribution in [0.4, 0.5) is 0 Å². The fourth-order valence-corrected chi connectivity index (χ4v) is 4.17. The van der Waals surface area contributed by atoms with Crippen LogP contribution >= 0.6 is 0 Å². The molecule has 4 rings (SSSR count). The van der Waals surface area contributed by atoms with Gasteiger partial charge in [-0.2, -0.15) is 0 Å². The van der Waals surface area contributed by atoms with Gasteiger partial charge < -0.3 is 18.9 Å². The van der Waals surface area contributed by atoms with Gasteiger partial charge in [-0.05, 0) is 30.7 Å². The van der Waals surface area contributed by atoms with Crippen molar-refractivity contribution in [2.45, 2.75) is 38.5 Å². The number of nitrogens with zero attached hydrogens (tertiary/aromatic N) is 1. The maximum absolute atomic E-state index is 6.59. The van der Waals surface area contributed by atoms with Crippen LogP contribution in [-0.4, -0.2) is 44.0 Å². The van der Waals surface area contributed by atoms with Crippen molar-refractivity contribution in [2.75, 3.05) is 33.5 Å². The Kier molecular flexibility index (Phi) is 5.74. The third kappa shape index (κ3) is 4.10. The van der Waals surface area contributed by atoms with Gasteiger partial charge >= 0.3 is 0 Å². The van der Waals surface area contributed by atoms with E-state index in [1.54, 1.807) is 7.11 Å². The lowest BCUT2D eigenvalue weighted by atomic mass is 9.93. The van der Waals surface area contributed by atoms with Crippen LogP contribution in [0.1, 0.15) is 30.9 Å². The Labute approximate surface area is 167 Å². The van der Waals surface area contributed by atoms with Gasteiger partial charge in [0.1, 0.15) is 11.4 Å². The second kappa shape index (κ2) is 8.41. The number of fused-ring (bicyclic) bond motifs is 1. The van der Waals surface area contributed by atoms with Crippen LogP contribution in [-0.2, 0) is 17.8 Å². The van der Waals surface area contributed by atoms with E-state index in [0.717, 1.165) is 62.9 Å². The molecule has 0 aliphatic carbocycles. The minimum atomic E-state index is -0.180. The van der Waals surface area contributed by atoms with E-state index in [1.807, 2.05) is 13.0 Å². The molecule has 1 saturated heterocycles. The van der Waals surface area contributed by atoms with E-state index in [2.05, 4.69) is 41.3 Å². The van der Waals surface area contributed by atoms with Crippen molar-refractivity contribution in [1.29, 1.82) is 0 Å². The zero-order chi connectivity index (χ0) is 19.4. The molecule has 0 aromatic heterocycles. The molecule has 2 aliphatic rings. The van der Waals surface area contributed by atoms with Gasteiger partial charge in [-0.25, -0.2) is 0 Å². The topological polar surface area (TPSA) is 40.2 Å². The first kappa shape index (κ1) is 19.1. The third-order valence-corrected chi connectivity index (χ3v) is 5.54. The average Bonchev–Trinajstić information content (AvgIpc) is 2.85. The van der Waals surface area contributed by atoms with Crippen molar-refractivity contribution in [1.82, 2.24) is 4.90 Å². The van der Waals surface area contributed by atoms with Crippen LogP contribution in [0.5, 0.6) is 17.2 Å². The molecule has 5 heteroatoms. The predicted octanol–water partition coefficient (Wildman–Crippen LogP) is 4.04. The zero-order valence-corrected chi connectivity index (χ0v) is 16.8. The number of ether oxygens (including phenoxy) is 4. The molecule has 2 aliphatic heterocycles. The standard InChI is InChI=1S/C23H29NO4/c1-3-27-22-14-18(8-9-21(22)25-2)15-24-16-19-6-4-5-7-20(19)28-23(17-24)10-12-26-13-11-23/h4-9,14H,3,10-13,15-17H2,1-2H3. The molecule has 0 amide bonds. The van der Waals surface area contributed by atoms with Crippen molar-refractivity contribution in [3.63, 3.8) is 0 Å². The molecule has 0 N–H and O–H groups in total. The van der Waals surface area contributed by atoms with Crippen molar-refractivity contribution < 1.29 is 18.9 Å². The fourth-order valence-electron chi connectivity index (χ4n) is 4.17. The van der Waals surface area contributed by atoms with E-state index in [4.69, 9.17) is 18.9 Å². The van der Waals surface area contributed by atoms with Gasteiger partial charge in [0.25, 0.3) is 0 Å². The van der Waals surface area contributed by atoms with Crippen LogP contribution in [0.3, 0.4) is 0 Å². The largest absolute Gasteiger partial charge is 0.493 e. The minimum Gasteiger partial charge on any atom is -0.493 e. The molecule has 2 heterocycles. The molecular formula is C23H29NO4. The SMILES string of the molecule is CCOc1cc(CN2Cc3ccccc3OC3(CCOCC3)C2)ccc1OC. The average molecular weight is 383 g/mol. The molecule has 150 valence electrons. The molecule has 0 radical (unpaired) electrons. The van der Waals surface area contributed by atoms with E-state index in [1.165, 1.54) is 11.1 Å². The third-order valence-electron chi connectivity index (χ3n) is 5.54. The van der Waals surface area contributed by atoms with E-state index in [-0.39, 0.29) is 5.60 Å². The van der Waals surface area contributed by atoms with E-state index in [0.29, 0.717) is 6.61 Å². The second-order valence-electron chi connectivity index (χ2n) is 7.57. The van der Waals surface area contributed by atoms with E-state index in [9.17, 15) is 0 Å². The molecule has 0 bridgehead atoms. The number of benzene rings is 2. The molecule has 28 heavy (non-hydrogen) atoms. The summed E-state index contributed by atoms with van der Waals surface area (Å²) in [4.78, 5) is 2.48. The summed E-state index contributed by atoms with van der Waals surface area (Å²) in [5.74, 6) is 2.59. The van der Waals surface area contributed by atoms with Gasteiger partial charge in [-0.15, -0.1) is 0 Å². The number of methoxy groups -OCH3 is 1. The lowest BCUT2D eigenvalue weighted by molar-refractivity contribution is -0.0594. The molecule has 0 unspecified atom stereocenters. The van der Waals surface area contributed by atoms with Crippen LogP contribution < -0.4 is 14.2 Å². The molecule has 2 aromatic carbocycles. The normalized spacial score (nSPS) is 18.8. The predicted molar refractivity (Wildman–Crippen MR) is 108 cm³/mol. The maximum Gasteiger partial charge on any atom is 0.161 e. The quantitative estimate of drug-likeness (QED) is 0.779. The first-order chi connectivity index (χ1) is 13.7. The van der Waals surface area contributed by atoms with Crippen LogP contribution in [0.15, 0.2) is 42.5 Å². The van der Waals surface area contributed by atoms with Gasteiger partial charge in [0.15, 0.2) is 11.5 Å². The number of para-hydroxylation sites is 1. The van der Waals surface area contributed by atoms with Crippen LogP contribution in [0, 0.1) is 0 Å². The molecule has 5 nitrogen and oxygen atoms in total. The van der Waals surface area contributed by atoms with Gasteiger partial charge in [0.05, 0.1) is 26.9 Å². The van der Waals surface area contributed by atoms with Crippen LogP contribution in [0.2, 0.25) is 0 Å². The first-order valence-electron chi connectivity index (χ1n) is 10.1. The Morgan fingerprint density at radius 1 is 1.07 bits per heavy atom. The lowest BCUT2D eigenvalue weighted by Crippen LogP contribution is -2.49. The second-order valence-corrected chi connectivity index (χ2v) is 7.57. The fraction of sp³-hybridized carbons (Fsp3) is 0.478. The number of hydrogen-bond acceptors (Lipinski definition) is 5. The molecule has 0 atom stereocenters. The molecule has 0 saturated carbocycles. The summed E-state index contributed by atoms with van der Waals surface area (Å²) in [6, 6.07) is 14.6. The molecular weight excluding hydrogens is 354 g/mol. The molecule has 2 aromatic rings. The Balaban J connectivity index is 1.60. The summed E-state index contributed by atoms with van der Waals surface area (Å²) in [7, 11) is 1.68. The number of rotatable bonds is 5. The highest BCUT2D eigenvalue weighted by molar-refractivity contribution is 5.43. The van der Waals surface area contributed by atoms with Gasteiger partial charge in [-0.3, -0.25) is 4.90 Å². The highest BCUT2D eigenvalue weighted by atomic mass is 16.5. The smallest absolute Gasteiger partial charge is 0.161 e. The highest BCUT2D eigenvalue weighted by Gasteiger charge is 2.39. The summed E-state index contributed by atoms with van der Waals surface area (Å²) < 4.78 is 23.4. The van der Waals surface area contributed by atoms with Crippen molar-refractivity contribution in [3.8, 4) is 17.2 Å². The van der Waals surface area contributed by atoms with Gasteiger partial charge in [0, 0.05) is 38.0 Å². The monoisotopic (exact) mass is 383 g/mol. The lowest BCUT2D eigenvalue weighted by Gasteiger charge is -2.39. The Morgan fingerprint density at radius 3 is 2.68 bits per heavy atom. The molecule has 1 spiro atoms.